The van der Waals surface area contributed by atoms with Crippen molar-refractivity contribution < 1.29 is 5.11 Å². The summed E-state index contributed by atoms with van der Waals surface area (Å²) in [4.78, 5) is 2.36. The highest BCUT2D eigenvalue weighted by atomic mass is 32.2. The highest BCUT2D eigenvalue weighted by Gasteiger charge is 2.32. The Labute approximate surface area is 147 Å². The smallest absolute Gasteiger partial charge is 0.165 e. The molecule has 2 heterocycles. The summed E-state index contributed by atoms with van der Waals surface area (Å²) in [5.41, 5.74) is 1.29. The SMILES string of the molecule is CCCCn1nnnc1CN1[C@H](CO)CSC[C@@H]1c1ccccc1. The maximum Gasteiger partial charge on any atom is 0.165 e. The van der Waals surface area contributed by atoms with Crippen LogP contribution in [-0.2, 0) is 13.1 Å². The first kappa shape index (κ1) is 17.4. The van der Waals surface area contributed by atoms with Crippen LogP contribution in [0.4, 0.5) is 0 Å². The van der Waals surface area contributed by atoms with Gasteiger partial charge in [0.2, 0.25) is 0 Å². The fraction of sp³-hybridized carbons (Fsp3) is 0.588. The van der Waals surface area contributed by atoms with Crippen LogP contribution < -0.4 is 0 Å². The fourth-order valence-electron chi connectivity index (χ4n) is 3.10. The van der Waals surface area contributed by atoms with Gasteiger partial charge in [0.15, 0.2) is 5.82 Å². The van der Waals surface area contributed by atoms with Gasteiger partial charge in [-0.2, -0.15) is 11.8 Å². The number of nitrogens with zero attached hydrogens (tertiary/aromatic N) is 5. The Morgan fingerprint density at radius 2 is 2.08 bits per heavy atom. The van der Waals surface area contributed by atoms with Crippen LogP contribution in [0.5, 0.6) is 0 Å². The van der Waals surface area contributed by atoms with E-state index in [4.69, 9.17) is 0 Å². The standard InChI is InChI=1S/C17H25N5OS/c1-2-3-9-22-17(18-19-20-22)10-21-15(11-23)12-24-13-16(21)14-7-5-4-6-8-14/h4-8,15-16,23H,2-3,9-13H2,1H3/t15-,16-/m1/s1. The average molecular weight is 347 g/mol. The van der Waals surface area contributed by atoms with E-state index in [1.165, 1.54) is 5.56 Å². The second kappa shape index (κ2) is 8.60. The van der Waals surface area contributed by atoms with Gasteiger partial charge in [-0.05, 0) is 22.4 Å². The van der Waals surface area contributed by atoms with Crippen molar-refractivity contribution in [2.45, 2.75) is 44.9 Å². The maximum absolute atomic E-state index is 9.85. The molecule has 0 bridgehead atoms. The molecule has 0 unspecified atom stereocenters. The summed E-state index contributed by atoms with van der Waals surface area (Å²) >= 11 is 1.90. The number of benzene rings is 1. The first-order chi connectivity index (χ1) is 11.8. The Bertz CT molecular complexity index is 620. The van der Waals surface area contributed by atoms with Gasteiger partial charge < -0.3 is 5.11 Å². The molecule has 1 saturated heterocycles. The third-order valence-corrected chi connectivity index (χ3v) is 5.68. The quantitative estimate of drug-likeness (QED) is 0.827. The van der Waals surface area contributed by atoms with Crippen molar-refractivity contribution in [3.8, 4) is 0 Å². The van der Waals surface area contributed by atoms with E-state index in [-0.39, 0.29) is 18.7 Å². The second-order valence-corrected chi connectivity index (χ2v) is 7.22. The van der Waals surface area contributed by atoms with E-state index in [1.54, 1.807) is 0 Å². The molecule has 2 atom stereocenters. The molecule has 6 nitrogen and oxygen atoms in total. The summed E-state index contributed by atoms with van der Waals surface area (Å²) in [7, 11) is 0. The van der Waals surface area contributed by atoms with E-state index in [0.29, 0.717) is 6.54 Å². The van der Waals surface area contributed by atoms with Crippen molar-refractivity contribution in [3.05, 3.63) is 41.7 Å². The number of hydrogen-bond acceptors (Lipinski definition) is 6. The van der Waals surface area contributed by atoms with Crippen LogP contribution in [0.2, 0.25) is 0 Å². The van der Waals surface area contributed by atoms with Crippen LogP contribution in [0.3, 0.4) is 0 Å². The van der Waals surface area contributed by atoms with Gasteiger partial charge in [0.1, 0.15) is 0 Å². The van der Waals surface area contributed by atoms with Gasteiger partial charge >= 0.3 is 0 Å². The molecule has 1 fully saturated rings. The Hall–Kier alpha value is -1.44. The highest BCUT2D eigenvalue weighted by molar-refractivity contribution is 7.99. The van der Waals surface area contributed by atoms with E-state index < -0.39 is 0 Å². The van der Waals surface area contributed by atoms with Crippen molar-refractivity contribution in [2.75, 3.05) is 18.1 Å². The van der Waals surface area contributed by atoms with E-state index in [2.05, 4.69) is 51.6 Å². The molecule has 0 radical (unpaired) electrons. The number of hydrogen-bond donors (Lipinski definition) is 1. The number of aliphatic hydroxyl groups is 1. The first-order valence-corrected chi connectivity index (χ1v) is 9.73. The van der Waals surface area contributed by atoms with Gasteiger partial charge in [0.05, 0.1) is 13.2 Å². The number of tetrazole rings is 1. The number of aliphatic hydroxyl groups excluding tert-OH is 1. The van der Waals surface area contributed by atoms with E-state index in [1.807, 2.05) is 22.5 Å². The molecule has 2 aromatic rings. The number of unbranched alkanes of at least 4 members (excludes halogenated alkanes) is 1. The van der Waals surface area contributed by atoms with Crippen LogP contribution in [0.15, 0.2) is 30.3 Å². The molecule has 1 aromatic carbocycles. The number of thioether (sulfide) groups is 1. The molecular formula is C17H25N5OS. The van der Waals surface area contributed by atoms with Gasteiger partial charge in [0, 0.05) is 30.1 Å². The lowest BCUT2D eigenvalue weighted by Crippen LogP contribution is -2.46. The topological polar surface area (TPSA) is 67.1 Å². The van der Waals surface area contributed by atoms with Crippen LogP contribution >= 0.6 is 11.8 Å². The number of aryl methyl sites for hydroxylation is 1. The molecule has 130 valence electrons. The lowest BCUT2D eigenvalue weighted by molar-refractivity contribution is 0.0874. The molecule has 0 saturated carbocycles. The summed E-state index contributed by atoms with van der Waals surface area (Å²) in [6, 6.07) is 10.9. The van der Waals surface area contributed by atoms with E-state index in [9.17, 15) is 5.11 Å². The van der Waals surface area contributed by atoms with Gasteiger partial charge in [-0.25, -0.2) is 4.68 Å². The summed E-state index contributed by atoms with van der Waals surface area (Å²) < 4.78 is 1.90. The zero-order valence-electron chi connectivity index (χ0n) is 14.1. The van der Waals surface area contributed by atoms with Gasteiger partial charge in [-0.3, -0.25) is 4.90 Å². The summed E-state index contributed by atoms with van der Waals surface area (Å²) in [5.74, 6) is 2.85. The second-order valence-electron chi connectivity index (χ2n) is 6.14. The lowest BCUT2D eigenvalue weighted by Gasteiger charge is -2.41. The number of rotatable bonds is 7. The van der Waals surface area contributed by atoms with Gasteiger partial charge in [0.25, 0.3) is 0 Å². The van der Waals surface area contributed by atoms with Crippen molar-refractivity contribution in [1.82, 2.24) is 25.1 Å². The fourth-order valence-corrected chi connectivity index (χ4v) is 4.42. The van der Waals surface area contributed by atoms with E-state index in [0.717, 1.165) is 36.7 Å². The van der Waals surface area contributed by atoms with Crippen LogP contribution in [0.1, 0.15) is 37.2 Å². The minimum absolute atomic E-state index is 0.130. The van der Waals surface area contributed by atoms with Crippen molar-refractivity contribution >= 4 is 11.8 Å². The molecule has 3 rings (SSSR count). The average Bonchev–Trinajstić information content (AvgIpc) is 3.08. The monoisotopic (exact) mass is 347 g/mol. The molecule has 24 heavy (non-hydrogen) atoms. The zero-order chi connectivity index (χ0) is 16.8. The molecule has 0 amide bonds. The largest absolute Gasteiger partial charge is 0.395 e. The van der Waals surface area contributed by atoms with Crippen LogP contribution in [0, 0.1) is 0 Å². The van der Waals surface area contributed by atoms with Crippen LogP contribution in [0.25, 0.3) is 0 Å². The van der Waals surface area contributed by atoms with Crippen molar-refractivity contribution in [1.29, 1.82) is 0 Å². The first-order valence-electron chi connectivity index (χ1n) is 8.57. The van der Waals surface area contributed by atoms with E-state index >= 15 is 0 Å². The minimum atomic E-state index is 0.130. The zero-order valence-corrected chi connectivity index (χ0v) is 14.9. The molecule has 7 heteroatoms. The molecule has 1 aliphatic rings. The predicted molar refractivity (Wildman–Crippen MR) is 95.6 cm³/mol. The maximum atomic E-state index is 9.85. The lowest BCUT2D eigenvalue weighted by atomic mass is 10.0. The predicted octanol–water partition coefficient (Wildman–Crippen LogP) is 2.12. The summed E-state index contributed by atoms with van der Waals surface area (Å²) in [6.07, 6.45) is 2.19. The third kappa shape index (κ3) is 3.96. The molecule has 0 aliphatic carbocycles. The van der Waals surface area contributed by atoms with Gasteiger partial charge in [-0.15, -0.1) is 5.10 Å². The van der Waals surface area contributed by atoms with Crippen molar-refractivity contribution in [2.24, 2.45) is 0 Å². The Balaban J connectivity index is 1.82. The van der Waals surface area contributed by atoms with Crippen molar-refractivity contribution in [3.63, 3.8) is 0 Å². The van der Waals surface area contributed by atoms with Gasteiger partial charge in [-0.1, -0.05) is 43.7 Å². The Kier molecular flexibility index (Phi) is 6.23. The summed E-state index contributed by atoms with van der Waals surface area (Å²) in [6.45, 7) is 3.84. The summed E-state index contributed by atoms with van der Waals surface area (Å²) in [5, 5.41) is 22.1. The Morgan fingerprint density at radius 1 is 1.25 bits per heavy atom. The molecule has 1 aliphatic heterocycles. The minimum Gasteiger partial charge on any atom is -0.395 e. The number of aromatic nitrogens is 4. The highest BCUT2D eigenvalue weighted by Crippen LogP contribution is 2.33. The van der Waals surface area contributed by atoms with Crippen LogP contribution in [-0.4, -0.2) is 54.4 Å². The third-order valence-electron chi connectivity index (χ3n) is 4.50. The molecular weight excluding hydrogens is 322 g/mol. The molecule has 1 N–H and O–H groups in total. The Morgan fingerprint density at radius 3 is 2.83 bits per heavy atom. The molecule has 1 aromatic heterocycles. The normalized spacial score (nSPS) is 21.9. The molecule has 0 spiro atoms.